The van der Waals surface area contributed by atoms with Crippen LogP contribution in [0, 0.1) is 20.8 Å². The minimum atomic E-state index is 0.471. The summed E-state index contributed by atoms with van der Waals surface area (Å²) in [6.07, 6.45) is 0. The van der Waals surface area contributed by atoms with E-state index in [1.54, 1.807) is 13.0 Å². The van der Waals surface area contributed by atoms with Gasteiger partial charge in [0.1, 0.15) is 17.4 Å². The minimum Gasteiger partial charge on any atom is -0.439 e. The normalized spacial score (nSPS) is 10.2. The lowest BCUT2D eigenvalue weighted by atomic mass is 10.1. The molecule has 2 aromatic rings. The standard InChI is InChI=1S/C13H16N4O/c1-8-4-5-11(6-9(8)2)18-13-7-12(17-14)15-10(3)16-13/h4-7H,14H2,1-3H3,(H,15,16,17). The fourth-order valence-corrected chi connectivity index (χ4v) is 1.56. The maximum Gasteiger partial charge on any atom is 0.224 e. The monoisotopic (exact) mass is 244 g/mol. The second kappa shape index (κ2) is 5.01. The highest BCUT2D eigenvalue weighted by Crippen LogP contribution is 2.23. The molecule has 0 radical (unpaired) electrons. The van der Waals surface area contributed by atoms with Gasteiger partial charge in [-0.25, -0.2) is 10.8 Å². The van der Waals surface area contributed by atoms with Crippen molar-refractivity contribution in [3.05, 3.63) is 41.2 Å². The number of nitrogens with one attached hydrogen (secondary N) is 1. The number of aromatic nitrogens is 2. The molecule has 5 heteroatoms. The van der Waals surface area contributed by atoms with Crippen molar-refractivity contribution in [3.63, 3.8) is 0 Å². The van der Waals surface area contributed by atoms with E-state index in [1.165, 1.54) is 11.1 Å². The molecule has 0 saturated carbocycles. The Hall–Kier alpha value is -2.14. The van der Waals surface area contributed by atoms with Gasteiger partial charge < -0.3 is 10.2 Å². The molecule has 0 saturated heterocycles. The Bertz CT molecular complexity index is 569. The minimum absolute atomic E-state index is 0.471. The van der Waals surface area contributed by atoms with E-state index in [4.69, 9.17) is 10.6 Å². The maximum absolute atomic E-state index is 5.69. The molecule has 0 aliphatic rings. The zero-order valence-electron chi connectivity index (χ0n) is 10.7. The number of nitrogens with two attached hydrogens (primary N) is 1. The van der Waals surface area contributed by atoms with Crippen molar-refractivity contribution < 1.29 is 4.74 Å². The summed E-state index contributed by atoms with van der Waals surface area (Å²) in [5.41, 5.74) is 4.89. The first-order chi connectivity index (χ1) is 8.58. The molecule has 0 fully saturated rings. The lowest BCUT2D eigenvalue weighted by molar-refractivity contribution is 0.459. The average molecular weight is 244 g/mol. The van der Waals surface area contributed by atoms with Crippen LogP contribution in [0.2, 0.25) is 0 Å². The molecule has 0 amide bonds. The molecule has 2 rings (SSSR count). The van der Waals surface area contributed by atoms with Crippen molar-refractivity contribution in [2.24, 2.45) is 5.84 Å². The van der Waals surface area contributed by atoms with Gasteiger partial charge in [-0.15, -0.1) is 0 Å². The lowest BCUT2D eigenvalue weighted by Crippen LogP contribution is -2.09. The molecule has 0 unspecified atom stereocenters. The van der Waals surface area contributed by atoms with Crippen LogP contribution in [0.1, 0.15) is 17.0 Å². The average Bonchev–Trinajstić information content (AvgIpc) is 2.33. The largest absolute Gasteiger partial charge is 0.439 e. The molecule has 0 atom stereocenters. The first-order valence-electron chi connectivity index (χ1n) is 5.66. The first kappa shape index (κ1) is 12.3. The molecule has 1 heterocycles. The lowest BCUT2D eigenvalue weighted by Gasteiger charge is -2.08. The van der Waals surface area contributed by atoms with Gasteiger partial charge in [0.15, 0.2) is 0 Å². The van der Waals surface area contributed by atoms with E-state index in [-0.39, 0.29) is 0 Å². The molecule has 3 N–H and O–H groups in total. The summed E-state index contributed by atoms with van der Waals surface area (Å²) in [6.45, 7) is 5.89. The second-order valence-corrected chi connectivity index (χ2v) is 4.13. The molecule has 1 aromatic heterocycles. The SMILES string of the molecule is Cc1nc(NN)cc(Oc2ccc(C)c(C)c2)n1. The molecular formula is C13H16N4O. The number of nitrogen functional groups attached to an aromatic ring is 1. The zero-order chi connectivity index (χ0) is 13.1. The van der Waals surface area contributed by atoms with Crippen LogP contribution < -0.4 is 16.0 Å². The van der Waals surface area contributed by atoms with Crippen LogP contribution in [-0.4, -0.2) is 9.97 Å². The summed E-state index contributed by atoms with van der Waals surface area (Å²) in [5.74, 6) is 7.68. The Kier molecular flexibility index (Phi) is 3.43. The Balaban J connectivity index is 2.27. The van der Waals surface area contributed by atoms with Crippen LogP contribution in [0.5, 0.6) is 11.6 Å². The van der Waals surface area contributed by atoms with Crippen LogP contribution in [0.15, 0.2) is 24.3 Å². The molecule has 0 aliphatic carbocycles. The van der Waals surface area contributed by atoms with E-state index >= 15 is 0 Å². The number of benzene rings is 1. The van der Waals surface area contributed by atoms with Gasteiger partial charge in [0.25, 0.3) is 0 Å². The van der Waals surface area contributed by atoms with Crippen molar-refractivity contribution in [2.45, 2.75) is 20.8 Å². The molecular weight excluding hydrogens is 228 g/mol. The molecule has 18 heavy (non-hydrogen) atoms. The zero-order valence-corrected chi connectivity index (χ0v) is 10.7. The van der Waals surface area contributed by atoms with Gasteiger partial charge in [0.05, 0.1) is 0 Å². The Labute approximate surface area is 106 Å². The molecule has 1 aromatic carbocycles. The second-order valence-electron chi connectivity index (χ2n) is 4.13. The number of nitrogens with zero attached hydrogens (tertiary/aromatic N) is 2. The topological polar surface area (TPSA) is 73.1 Å². The third-order valence-electron chi connectivity index (χ3n) is 2.66. The summed E-state index contributed by atoms with van der Waals surface area (Å²) >= 11 is 0. The van der Waals surface area contributed by atoms with Crippen molar-refractivity contribution in [3.8, 4) is 11.6 Å². The number of hydrazine groups is 1. The number of rotatable bonds is 3. The summed E-state index contributed by atoms with van der Waals surface area (Å²) < 4.78 is 5.69. The Morgan fingerprint density at radius 3 is 2.50 bits per heavy atom. The van der Waals surface area contributed by atoms with Gasteiger partial charge in [-0.1, -0.05) is 6.07 Å². The van der Waals surface area contributed by atoms with Crippen LogP contribution in [-0.2, 0) is 0 Å². The van der Waals surface area contributed by atoms with Crippen LogP contribution in [0.3, 0.4) is 0 Å². The number of aryl methyl sites for hydroxylation is 3. The van der Waals surface area contributed by atoms with E-state index < -0.39 is 0 Å². The maximum atomic E-state index is 5.69. The number of anilines is 1. The third-order valence-corrected chi connectivity index (χ3v) is 2.66. The van der Waals surface area contributed by atoms with Gasteiger partial charge in [-0.05, 0) is 44.0 Å². The molecule has 0 spiro atoms. The Morgan fingerprint density at radius 2 is 1.83 bits per heavy atom. The molecule has 0 bridgehead atoms. The van der Waals surface area contributed by atoms with Crippen molar-refractivity contribution in [1.82, 2.24) is 9.97 Å². The predicted octanol–water partition coefficient (Wildman–Crippen LogP) is 2.48. The van der Waals surface area contributed by atoms with Gasteiger partial charge in [0.2, 0.25) is 5.88 Å². The summed E-state index contributed by atoms with van der Waals surface area (Å²) in [4.78, 5) is 8.30. The Morgan fingerprint density at radius 1 is 1.06 bits per heavy atom. The van der Waals surface area contributed by atoms with Crippen molar-refractivity contribution >= 4 is 5.82 Å². The van der Waals surface area contributed by atoms with E-state index in [9.17, 15) is 0 Å². The highest BCUT2D eigenvalue weighted by atomic mass is 16.5. The predicted molar refractivity (Wildman–Crippen MR) is 70.6 cm³/mol. The van der Waals surface area contributed by atoms with Gasteiger partial charge in [0, 0.05) is 6.07 Å². The van der Waals surface area contributed by atoms with Crippen molar-refractivity contribution in [2.75, 3.05) is 5.43 Å². The van der Waals surface area contributed by atoms with Gasteiger partial charge in [-0.2, -0.15) is 4.98 Å². The summed E-state index contributed by atoms with van der Waals surface area (Å²) in [5, 5.41) is 0. The number of hydrogen-bond acceptors (Lipinski definition) is 5. The smallest absolute Gasteiger partial charge is 0.224 e. The highest BCUT2D eigenvalue weighted by Gasteiger charge is 2.04. The van der Waals surface area contributed by atoms with E-state index in [0.717, 1.165) is 5.75 Å². The quantitative estimate of drug-likeness (QED) is 0.641. The first-order valence-corrected chi connectivity index (χ1v) is 5.66. The van der Waals surface area contributed by atoms with Crippen LogP contribution in [0.4, 0.5) is 5.82 Å². The molecule has 94 valence electrons. The van der Waals surface area contributed by atoms with E-state index in [0.29, 0.717) is 17.5 Å². The van der Waals surface area contributed by atoms with Gasteiger partial charge in [-0.3, -0.25) is 0 Å². The van der Waals surface area contributed by atoms with Gasteiger partial charge >= 0.3 is 0 Å². The van der Waals surface area contributed by atoms with E-state index in [1.807, 2.05) is 25.1 Å². The third kappa shape index (κ3) is 2.75. The molecule has 5 nitrogen and oxygen atoms in total. The number of ether oxygens (including phenoxy) is 1. The van der Waals surface area contributed by atoms with Crippen LogP contribution in [0.25, 0.3) is 0 Å². The summed E-state index contributed by atoms with van der Waals surface area (Å²) in [7, 11) is 0. The van der Waals surface area contributed by atoms with Crippen LogP contribution >= 0.6 is 0 Å². The fraction of sp³-hybridized carbons (Fsp3) is 0.231. The van der Waals surface area contributed by atoms with E-state index in [2.05, 4.69) is 22.3 Å². The highest BCUT2D eigenvalue weighted by molar-refractivity contribution is 5.40. The number of hydrogen-bond donors (Lipinski definition) is 2. The fourth-order valence-electron chi connectivity index (χ4n) is 1.56. The molecule has 0 aliphatic heterocycles. The van der Waals surface area contributed by atoms with Crippen molar-refractivity contribution in [1.29, 1.82) is 0 Å². The summed E-state index contributed by atoms with van der Waals surface area (Å²) in [6, 6.07) is 7.56.